The Bertz CT molecular complexity index is 1260. The molecule has 0 aliphatic carbocycles. The van der Waals surface area contributed by atoms with Gasteiger partial charge in [-0.05, 0) is 54.4 Å². The number of hydrogen-bond donors (Lipinski definition) is 1. The molecule has 0 bridgehead atoms. The number of hydrogen-bond acceptors (Lipinski definition) is 6. The molecule has 2 atom stereocenters. The highest BCUT2D eigenvalue weighted by atomic mass is 16.7. The topological polar surface area (TPSA) is 86.3 Å². The van der Waals surface area contributed by atoms with Gasteiger partial charge in [0.15, 0.2) is 11.5 Å². The van der Waals surface area contributed by atoms with Gasteiger partial charge in [-0.3, -0.25) is 9.59 Å². The summed E-state index contributed by atoms with van der Waals surface area (Å²) >= 11 is 0. The average molecular weight is 489 g/mol. The van der Waals surface area contributed by atoms with Crippen molar-refractivity contribution >= 4 is 17.5 Å². The van der Waals surface area contributed by atoms with Crippen LogP contribution in [0.25, 0.3) is 0 Å². The van der Waals surface area contributed by atoms with Crippen LogP contribution in [0, 0.1) is 5.92 Å². The molecule has 186 valence electrons. The first-order chi connectivity index (χ1) is 17.6. The summed E-state index contributed by atoms with van der Waals surface area (Å²) < 4.78 is 21.8. The summed E-state index contributed by atoms with van der Waals surface area (Å²) in [6.45, 7) is 0.532. The lowest BCUT2D eigenvalue weighted by atomic mass is 9.82. The summed E-state index contributed by atoms with van der Waals surface area (Å²) in [6, 6.07) is 19.9. The smallest absolute Gasteiger partial charge is 0.231 e. The van der Waals surface area contributed by atoms with Crippen molar-refractivity contribution in [3.05, 3.63) is 77.9 Å². The van der Waals surface area contributed by atoms with Crippen molar-refractivity contribution in [1.82, 2.24) is 5.32 Å². The van der Waals surface area contributed by atoms with Crippen molar-refractivity contribution in [2.45, 2.75) is 25.4 Å². The normalized spacial score (nSPS) is 18.6. The van der Waals surface area contributed by atoms with E-state index in [1.165, 1.54) is 0 Å². The van der Waals surface area contributed by atoms with Gasteiger partial charge in [0.1, 0.15) is 11.5 Å². The number of rotatable bonds is 7. The van der Waals surface area contributed by atoms with Gasteiger partial charge < -0.3 is 29.2 Å². The lowest BCUT2D eigenvalue weighted by Crippen LogP contribution is -2.48. The number of anilines is 1. The minimum Gasteiger partial charge on any atom is -0.497 e. The van der Waals surface area contributed by atoms with Crippen LogP contribution in [-0.4, -0.2) is 32.8 Å². The zero-order valence-corrected chi connectivity index (χ0v) is 20.2. The van der Waals surface area contributed by atoms with Gasteiger partial charge in [0, 0.05) is 24.2 Å². The summed E-state index contributed by atoms with van der Waals surface area (Å²) in [5.41, 5.74) is 2.39. The number of methoxy groups -OCH3 is 2. The molecule has 1 saturated heterocycles. The van der Waals surface area contributed by atoms with Crippen LogP contribution in [0.3, 0.4) is 0 Å². The van der Waals surface area contributed by atoms with Gasteiger partial charge in [-0.15, -0.1) is 0 Å². The van der Waals surface area contributed by atoms with E-state index >= 15 is 0 Å². The van der Waals surface area contributed by atoms with Gasteiger partial charge in [0.05, 0.1) is 26.2 Å². The number of nitrogens with zero attached hydrogens (tertiary/aromatic N) is 1. The van der Waals surface area contributed by atoms with Crippen molar-refractivity contribution in [1.29, 1.82) is 0 Å². The van der Waals surface area contributed by atoms with E-state index in [4.69, 9.17) is 18.9 Å². The highest BCUT2D eigenvalue weighted by molar-refractivity contribution is 5.97. The van der Waals surface area contributed by atoms with Gasteiger partial charge in [-0.25, -0.2) is 0 Å². The van der Waals surface area contributed by atoms with E-state index < -0.39 is 12.0 Å². The van der Waals surface area contributed by atoms with Crippen LogP contribution in [0.5, 0.6) is 23.0 Å². The lowest BCUT2D eigenvalue weighted by Gasteiger charge is -2.41. The Hall–Kier alpha value is -4.20. The summed E-state index contributed by atoms with van der Waals surface area (Å²) in [4.78, 5) is 28.6. The van der Waals surface area contributed by atoms with Crippen molar-refractivity contribution in [2.75, 3.05) is 25.9 Å². The van der Waals surface area contributed by atoms with E-state index in [1.807, 2.05) is 66.7 Å². The molecule has 2 amide bonds. The molecule has 2 aliphatic heterocycles. The number of benzene rings is 3. The van der Waals surface area contributed by atoms with Crippen LogP contribution in [0.2, 0.25) is 0 Å². The Balaban J connectivity index is 1.46. The van der Waals surface area contributed by atoms with Crippen LogP contribution >= 0.6 is 0 Å². The molecular weight excluding hydrogens is 460 g/mol. The van der Waals surface area contributed by atoms with Crippen LogP contribution in [0.1, 0.15) is 30.0 Å². The van der Waals surface area contributed by atoms with E-state index in [9.17, 15) is 9.59 Å². The van der Waals surface area contributed by atoms with Crippen LogP contribution < -0.4 is 29.2 Å². The maximum absolute atomic E-state index is 13.6. The highest BCUT2D eigenvalue weighted by Crippen LogP contribution is 2.43. The van der Waals surface area contributed by atoms with Crippen molar-refractivity contribution in [3.63, 3.8) is 0 Å². The van der Waals surface area contributed by atoms with Gasteiger partial charge in [-0.2, -0.15) is 0 Å². The molecule has 3 aromatic rings. The third kappa shape index (κ3) is 4.54. The fraction of sp³-hybridized carbons (Fsp3) is 0.286. The quantitative estimate of drug-likeness (QED) is 0.536. The molecule has 1 fully saturated rings. The van der Waals surface area contributed by atoms with E-state index in [2.05, 4.69) is 5.32 Å². The Morgan fingerprint density at radius 2 is 1.78 bits per heavy atom. The summed E-state index contributed by atoms with van der Waals surface area (Å²) in [5.74, 6) is 2.03. The summed E-state index contributed by atoms with van der Waals surface area (Å²) in [5, 5.41) is 3.07. The van der Waals surface area contributed by atoms with Crippen molar-refractivity contribution in [2.24, 2.45) is 5.92 Å². The second kappa shape index (κ2) is 10.2. The first kappa shape index (κ1) is 23.5. The average Bonchev–Trinajstić information content (AvgIpc) is 3.39. The maximum Gasteiger partial charge on any atom is 0.231 e. The molecule has 36 heavy (non-hydrogen) atoms. The number of carbonyl (C=O) groups excluding carboxylic acids is 2. The SMILES string of the molecule is COc1ccc(N2C(=O)CC[C@@H](C(=O)NCc3ccc4c(c3)OCO4)[C@H]2c2ccccc2OC)cc1. The fourth-order valence-corrected chi connectivity index (χ4v) is 4.85. The third-order valence-electron chi connectivity index (χ3n) is 6.65. The molecule has 3 aromatic carbocycles. The molecule has 0 aromatic heterocycles. The Morgan fingerprint density at radius 3 is 2.56 bits per heavy atom. The molecular formula is C28H28N2O6. The van der Waals surface area contributed by atoms with Crippen LogP contribution in [0.15, 0.2) is 66.7 Å². The van der Waals surface area contributed by atoms with E-state index in [0.717, 1.165) is 11.1 Å². The Kier molecular flexibility index (Phi) is 6.66. The number of ether oxygens (including phenoxy) is 4. The first-order valence-electron chi connectivity index (χ1n) is 11.8. The number of amides is 2. The van der Waals surface area contributed by atoms with Gasteiger partial charge in [0.25, 0.3) is 0 Å². The lowest BCUT2D eigenvalue weighted by molar-refractivity contribution is -0.129. The van der Waals surface area contributed by atoms with Crippen LogP contribution in [-0.2, 0) is 16.1 Å². The van der Waals surface area contributed by atoms with E-state index in [-0.39, 0.29) is 25.0 Å². The van der Waals surface area contributed by atoms with Crippen LogP contribution in [0.4, 0.5) is 5.69 Å². The summed E-state index contributed by atoms with van der Waals surface area (Å²) in [7, 11) is 3.19. The van der Waals surface area contributed by atoms with Gasteiger partial charge in [0.2, 0.25) is 18.6 Å². The highest BCUT2D eigenvalue weighted by Gasteiger charge is 2.42. The first-order valence-corrected chi connectivity index (χ1v) is 11.8. The molecule has 5 rings (SSSR count). The van der Waals surface area contributed by atoms with Crippen molar-refractivity contribution < 1.29 is 28.5 Å². The Labute approximate surface area is 209 Å². The molecule has 1 N–H and O–H groups in total. The second-order valence-electron chi connectivity index (χ2n) is 8.70. The van der Waals surface area contributed by atoms with E-state index in [0.29, 0.717) is 41.7 Å². The molecule has 8 heteroatoms. The molecule has 2 heterocycles. The minimum absolute atomic E-state index is 0.0455. The molecule has 2 aliphatic rings. The predicted molar refractivity (Wildman–Crippen MR) is 133 cm³/mol. The number of nitrogens with one attached hydrogen (secondary N) is 1. The number of carbonyl (C=O) groups is 2. The fourth-order valence-electron chi connectivity index (χ4n) is 4.85. The van der Waals surface area contributed by atoms with E-state index in [1.54, 1.807) is 19.1 Å². The third-order valence-corrected chi connectivity index (χ3v) is 6.65. The Morgan fingerprint density at radius 1 is 1.00 bits per heavy atom. The maximum atomic E-state index is 13.6. The largest absolute Gasteiger partial charge is 0.497 e. The second-order valence-corrected chi connectivity index (χ2v) is 8.70. The zero-order chi connectivity index (χ0) is 25.1. The molecule has 0 radical (unpaired) electrons. The molecule has 0 unspecified atom stereocenters. The monoisotopic (exact) mass is 488 g/mol. The molecule has 0 saturated carbocycles. The minimum atomic E-state index is -0.535. The number of para-hydroxylation sites is 1. The standard InChI is InChI=1S/C28H28N2O6/c1-33-20-10-8-19(9-11-20)30-26(31)14-12-22(27(30)21-5-3-4-6-23(21)34-2)28(32)29-16-18-7-13-24-25(15-18)36-17-35-24/h3-11,13,15,22,27H,12,14,16-17H2,1-2H3,(H,29,32)/t22-,27-/m1/s1. The van der Waals surface area contributed by atoms with Gasteiger partial charge in [-0.1, -0.05) is 24.3 Å². The van der Waals surface area contributed by atoms with Gasteiger partial charge >= 0.3 is 0 Å². The molecule has 0 spiro atoms. The number of piperidine rings is 1. The predicted octanol–water partition coefficient (Wildman–Crippen LogP) is 4.23. The summed E-state index contributed by atoms with van der Waals surface area (Å²) in [6.07, 6.45) is 0.695. The van der Waals surface area contributed by atoms with Crippen molar-refractivity contribution in [3.8, 4) is 23.0 Å². The zero-order valence-electron chi connectivity index (χ0n) is 20.2. The number of fused-ring (bicyclic) bond motifs is 1. The molecule has 8 nitrogen and oxygen atoms in total.